The van der Waals surface area contributed by atoms with Crippen molar-refractivity contribution in [3.8, 4) is 11.3 Å². The molecule has 1 aromatic carbocycles. The van der Waals surface area contributed by atoms with E-state index in [4.69, 9.17) is 4.98 Å². The third kappa shape index (κ3) is 2.60. The lowest BCUT2D eigenvalue weighted by Crippen LogP contribution is -2.25. The molecule has 4 rings (SSSR count). The summed E-state index contributed by atoms with van der Waals surface area (Å²) >= 11 is 1.78. The molecule has 26 heavy (non-hydrogen) atoms. The van der Waals surface area contributed by atoms with Gasteiger partial charge in [-0.25, -0.2) is 4.98 Å². The maximum atomic E-state index is 5.19. The Labute approximate surface area is 158 Å². The van der Waals surface area contributed by atoms with Gasteiger partial charge in [-0.3, -0.25) is 4.40 Å². The Morgan fingerprint density at radius 2 is 1.92 bits per heavy atom. The fourth-order valence-corrected chi connectivity index (χ4v) is 4.65. The molecule has 0 N–H and O–H groups in total. The molecular weight excluding hydrogens is 338 g/mol. The molecule has 4 heteroatoms. The van der Waals surface area contributed by atoms with Crippen LogP contribution in [-0.2, 0) is 0 Å². The van der Waals surface area contributed by atoms with Crippen LogP contribution in [0.4, 0.5) is 5.82 Å². The summed E-state index contributed by atoms with van der Waals surface area (Å²) < 4.78 is 3.63. The molecule has 4 aromatic rings. The topological polar surface area (TPSA) is 20.5 Å². The highest BCUT2D eigenvalue weighted by molar-refractivity contribution is 7.18. The number of fused-ring (bicyclic) bond motifs is 3. The Balaban J connectivity index is 2.12. The second-order valence-electron chi connectivity index (χ2n) is 6.83. The average Bonchev–Trinajstić information content (AvgIpc) is 3.24. The smallest absolute Gasteiger partial charge is 0.157 e. The SMILES string of the molecule is CCCN(CC)c1c(-c2ccccc2C)nc2c3sccc3cc(C)n12. The molecule has 0 amide bonds. The minimum absolute atomic E-state index is 0.975. The molecule has 0 saturated heterocycles. The van der Waals surface area contributed by atoms with Crippen LogP contribution in [0.2, 0.25) is 0 Å². The zero-order chi connectivity index (χ0) is 18.3. The Morgan fingerprint density at radius 1 is 1.12 bits per heavy atom. The number of hydrogen-bond donors (Lipinski definition) is 0. The number of aromatic nitrogens is 2. The molecule has 0 aliphatic rings. The number of nitrogens with zero attached hydrogens (tertiary/aromatic N) is 3. The van der Waals surface area contributed by atoms with E-state index in [0.29, 0.717) is 0 Å². The number of pyridine rings is 1. The number of rotatable bonds is 5. The summed E-state index contributed by atoms with van der Waals surface area (Å²) in [5.74, 6) is 1.23. The Hall–Kier alpha value is -2.33. The van der Waals surface area contributed by atoms with E-state index in [1.165, 1.54) is 32.7 Å². The third-order valence-corrected chi connectivity index (χ3v) is 5.97. The number of imidazole rings is 1. The van der Waals surface area contributed by atoms with Crippen LogP contribution in [0.5, 0.6) is 0 Å². The van der Waals surface area contributed by atoms with Gasteiger partial charge in [0.1, 0.15) is 11.5 Å². The zero-order valence-corrected chi connectivity index (χ0v) is 16.7. The monoisotopic (exact) mass is 363 g/mol. The van der Waals surface area contributed by atoms with Crippen LogP contribution in [-0.4, -0.2) is 22.5 Å². The maximum absolute atomic E-state index is 5.19. The van der Waals surface area contributed by atoms with Gasteiger partial charge in [0.2, 0.25) is 0 Å². The summed E-state index contributed by atoms with van der Waals surface area (Å²) in [5.41, 5.74) is 5.91. The molecule has 3 heterocycles. The van der Waals surface area contributed by atoms with E-state index in [2.05, 4.69) is 78.8 Å². The van der Waals surface area contributed by atoms with Gasteiger partial charge in [0.15, 0.2) is 5.65 Å². The quantitative estimate of drug-likeness (QED) is 0.429. The van der Waals surface area contributed by atoms with Crippen LogP contribution in [0.25, 0.3) is 27.0 Å². The summed E-state index contributed by atoms with van der Waals surface area (Å²) in [6.45, 7) is 10.8. The molecule has 0 aliphatic carbocycles. The van der Waals surface area contributed by atoms with E-state index in [-0.39, 0.29) is 0 Å². The normalized spacial score (nSPS) is 11.5. The van der Waals surface area contributed by atoms with Crippen LogP contribution < -0.4 is 4.90 Å². The van der Waals surface area contributed by atoms with Gasteiger partial charge >= 0.3 is 0 Å². The Kier molecular flexibility index (Phi) is 4.45. The van der Waals surface area contributed by atoms with Crippen molar-refractivity contribution >= 4 is 32.9 Å². The fraction of sp³-hybridized carbons (Fsp3) is 0.318. The molecule has 3 nitrogen and oxygen atoms in total. The predicted octanol–water partition coefficient (Wildman–Crippen LogP) is 6.07. The molecule has 0 saturated carbocycles. The average molecular weight is 364 g/mol. The second-order valence-corrected chi connectivity index (χ2v) is 7.74. The minimum Gasteiger partial charge on any atom is -0.356 e. The predicted molar refractivity (Wildman–Crippen MR) is 114 cm³/mol. The fourth-order valence-electron chi connectivity index (χ4n) is 3.80. The summed E-state index contributed by atoms with van der Waals surface area (Å²) in [5, 5.41) is 3.45. The van der Waals surface area contributed by atoms with E-state index < -0.39 is 0 Å². The van der Waals surface area contributed by atoms with Gasteiger partial charge in [-0.05, 0) is 55.7 Å². The number of thiophene rings is 1. The largest absolute Gasteiger partial charge is 0.356 e. The molecule has 0 atom stereocenters. The molecule has 134 valence electrons. The molecule has 0 radical (unpaired) electrons. The lowest BCUT2D eigenvalue weighted by atomic mass is 10.1. The van der Waals surface area contributed by atoms with Crippen molar-refractivity contribution < 1.29 is 0 Å². The summed E-state index contributed by atoms with van der Waals surface area (Å²) in [6, 6.07) is 13.1. The molecule has 0 spiro atoms. The van der Waals surface area contributed by atoms with Gasteiger partial charge in [0, 0.05) is 24.3 Å². The van der Waals surface area contributed by atoms with Crippen LogP contribution in [0.1, 0.15) is 31.5 Å². The van der Waals surface area contributed by atoms with Crippen molar-refractivity contribution in [2.24, 2.45) is 0 Å². The Morgan fingerprint density at radius 3 is 2.65 bits per heavy atom. The molecule has 0 unspecified atom stereocenters. The van der Waals surface area contributed by atoms with Gasteiger partial charge in [0.05, 0.1) is 4.70 Å². The van der Waals surface area contributed by atoms with Gasteiger partial charge in [-0.15, -0.1) is 11.3 Å². The van der Waals surface area contributed by atoms with E-state index in [0.717, 1.165) is 30.9 Å². The Bertz CT molecular complexity index is 1070. The van der Waals surface area contributed by atoms with Crippen LogP contribution in [0.15, 0.2) is 41.8 Å². The van der Waals surface area contributed by atoms with Crippen LogP contribution >= 0.6 is 11.3 Å². The lowest BCUT2D eigenvalue weighted by Gasteiger charge is -2.24. The number of benzene rings is 1. The van der Waals surface area contributed by atoms with Crippen LogP contribution in [0, 0.1) is 13.8 Å². The zero-order valence-electron chi connectivity index (χ0n) is 15.9. The first-order valence-corrected chi connectivity index (χ1v) is 10.2. The minimum atomic E-state index is 0.975. The van der Waals surface area contributed by atoms with E-state index in [1.54, 1.807) is 11.3 Å². The summed E-state index contributed by atoms with van der Waals surface area (Å²) in [6.07, 6.45) is 1.12. The highest BCUT2D eigenvalue weighted by Crippen LogP contribution is 2.38. The van der Waals surface area contributed by atoms with Gasteiger partial charge in [-0.2, -0.15) is 0 Å². The van der Waals surface area contributed by atoms with Gasteiger partial charge in [0.25, 0.3) is 0 Å². The number of anilines is 1. The van der Waals surface area contributed by atoms with Crippen molar-refractivity contribution in [3.63, 3.8) is 0 Å². The van der Waals surface area contributed by atoms with Gasteiger partial charge < -0.3 is 4.90 Å². The standard InChI is InChI=1S/C22H25N3S/c1-5-12-24(6-2)22-19(18-10-8-7-9-15(18)3)23-21-20-17(11-13-26-20)14-16(4)25(21)22/h7-11,13-14H,5-6,12H2,1-4H3. The first-order valence-electron chi connectivity index (χ1n) is 9.35. The van der Waals surface area contributed by atoms with E-state index >= 15 is 0 Å². The van der Waals surface area contributed by atoms with E-state index in [1.807, 2.05) is 0 Å². The molecule has 0 fully saturated rings. The first kappa shape index (κ1) is 17.1. The summed E-state index contributed by atoms with van der Waals surface area (Å²) in [7, 11) is 0. The van der Waals surface area contributed by atoms with Gasteiger partial charge in [-0.1, -0.05) is 31.2 Å². The highest BCUT2D eigenvalue weighted by atomic mass is 32.1. The molecule has 0 bridgehead atoms. The molecule has 3 aromatic heterocycles. The van der Waals surface area contributed by atoms with Crippen molar-refractivity contribution in [3.05, 3.63) is 53.0 Å². The van der Waals surface area contributed by atoms with Crippen molar-refractivity contribution in [2.45, 2.75) is 34.1 Å². The lowest BCUT2D eigenvalue weighted by molar-refractivity contribution is 0.773. The van der Waals surface area contributed by atoms with E-state index in [9.17, 15) is 0 Å². The van der Waals surface area contributed by atoms with Crippen molar-refractivity contribution in [1.29, 1.82) is 0 Å². The number of aryl methyl sites for hydroxylation is 2. The van der Waals surface area contributed by atoms with Crippen LogP contribution in [0.3, 0.4) is 0 Å². The maximum Gasteiger partial charge on any atom is 0.157 e. The molecule has 0 aliphatic heterocycles. The van der Waals surface area contributed by atoms with Crippen molar-refractivity contribution in [2.75, 3.05) is 18.0 Å². The highest BCUT2D eigenvalue weighted by Gasteiger charge is 2.22. The molecular formula is C22H25N3S. The second kappa shape index (κ2) is 6.76. The van der Waals surface area contributed by atoms with Crippen molar-refractivity contribution in [1.82, 2.24) is 9.38 Å². The summed E-state index contributed by atoms with van der Waals surface area (Å²) in [4.78, 5) is 7.65. The third-order valence-electron chi connectivity index (χ3n) is 5.04. The number of hydrogen-bond acceptors (Lipinski definition) is 3. The first-order chi connectivity index (χ1) is 12.7.